The van der Waals surface area contributed by atoms with Gasteiger partial charge >= 0.3 is 12.3 Å². The molecule has 19 heavy (non-hydrogen) atoms. The van der Waals surface area contributed by atoms with E-state index in [1.54, 1.807) is 0 Å². The summed E-state index contributed by atoms with van der Waals surface area (Å²) >= 11 is 0. The first kappa shape index (κ1) is 15.1. The van der Waals surface area contributed by atoms with E-state index in [-0.39, 0.29) is 11.3 Å². The van der Waals surface area contributed by atoms with Crippen LogP contribution in [0.15, 0.2) is 18.2 Å². The Labute approximate surface area is 107 Å². The minimum atomic E-state index is -4.74. The van der Waals surface area contributed by atoms with Gasteiger partial charge in [0.2, 0.25) is 0 Å². The summed E-state index contributed by atoms with van der Waals surface area (Å²) in [6.45, 7) is -1.29. The highest BCUT2D eigenvalue weighted by atomic mass is 19.4. The van der Waals surface area contributed by atoms with Crippen LogP contribution in [0.5, 0.6) is 5.75 Å². The molecule has 0 saturated heterocycles. The maximum Gasteiger partial charge on any atom is 0.522 e. The van der Waals surface area contributed by atoms with Gasteiger partial charge in [-0.1, -0.05) is 0 Å². The number of alkyl halides is 3. The first-order valence-corrected chi connectivity index (χ1v) is 5.14. The van der Waals surface area contributed by atoms with Crippen molar-refractivity contribution in [3.8, 4) is 5.75 Å². The van der Waals surface area contributed by atoms with Crippen molar-refractivity contribution < 1.29 is 32.2 Å². The summed E-state index contributed by atoms with van der Waals surface area (Å²) in [5, 5.41) is 0. The van der Waals surface area contributed by atoms with E-state index in [1.807, 2.05) is 0 Å². The number of nitrogen functional groups attached to an aromatic ring is 1. The highest BCUT2D eigenvalue weighted by Crippen LogP contribution is 2.19. The van der Waals surface area contributed by atoms with Gasteiger partial charge in [-0.3, -0.25) is 4.74 Å². The average molecular weight is 279 g/mol. The van der Waals surface area contributed by atoms with Crippen molar-refractivity contribution in [3.05, 3.63) is 23.8 Å². The number of methoxy groups -OCH3 is 1. The molecule has 0 aliphatic carbocycles. The van der Waals surface area contributed by atoms with E-state index in [0.717, 1.165) is 0 Å². The number of ether oxygens (including phenoxy) is 3. The third-order valence-corrected chi connectivity index (χ3v) is 1.98. The van der Waals surface area contributed by atoms with Crippen LogP contribution in [0.25, 0.3) is 0 Å². The van der Waals surface area contributed by atoms with E-state index in [4.69, 9.17) is 10.5 Å². The lowest BCUT2D eigenvalue weighted by Crippen LogP contribution is -2.18. The van der Waals surface area contributed by atoms with Crippen LogP contribution in [0.1, 0.15) is 10.4 Å². The number of esters is 1. The lowest BCUT2D eigenvalue weighted by molar-refractivity contribution is -0.326. The summed E-state index contributed by atoms with van der Waals surface area (Å²) in [4.78, 5) is 11.5. The number of carbonyl (C=O) groups is 1. The molecule has 0 saturated carbocycles. The van der Waals surface area contributed by atoms with Gasteiger partial charge in [0.15, 0.2) is 0 Å². The standard InChI is InChI=1S/C11H12F3NO4/c1-17-9-5-7(4-8(15)6-9)10(16)18-2-3-19-11(12,13)14/h4-6H,2-3,15H2,1H3. The first-order valence-electron chi connectivity index (χ1n) is 5.14. The number of benzene rings is 1. The summed E-state index contributed by atoms with van der Waals surface area (Å²) in [7, 11) is 1.39. The van der Waals surface area contributed by atoms with Crippen molar-refractivity contribution in [2.45, 2.75) is 6.36 Å². The Morgan fingerprint density at radius 2 is 1.95 bits per heavy atom. The normalized spacial score (nSPS) is 11.2. The molecule has 0 bridgehead atoms. The van der Waals surface area contributed by atoms with E-state index in [2.05, 4.69) is 9.47 Å². The van der Waals surface area contributed by atoms with Crippen LogP contribution < -0.4 is 10.5 Å². The molecule has 0 aromatic heterocycles. The zero-order chi connectivity index (χ0) is 14.5. The molecular formula is C11H12F3NO4. The van der Waals surface area contributed by atoms with Gasteiger partial charge in [-0.25, -0.2) is 4.79 Å². The molecule has 1 aromatic rings. The molecular weight excluding hydrogens is 267 g/mol. The molecule has 8 heteroatoms. The van der Waals surface area contributed by atoms with Crippen LogP contribution in [0.2, 0.25) is 0 Å². The highest BCUT2D eigenvalue weighted by molar-refractivity contribution is 5.91. The van der Waals surface area contributed by atoms with Crippen LogP contribution in [0.3, 0.4) is 0 Å². The van der Waals surface area contributed by atoms with E-state index >= 15 is 0 Å². The van der Waals surface area contributed by atoms with Crippen molar-refractivity contribution in [2.75, 3.05) is 26.1 Å². The van der Waals surface area contributed by atoms with Crippen LogP contribution in [-0.4, -0.2) is 32.7 Å². The molecule has 0 aliphatic rings. The monoisotopic (exact) mass is 279 g/mol. The van der Waals surface area contributed by atoms with E-state index in [0.29, 0.717) is 5.75 Å². The lowest BCUT2D eigenvalue weighted by Gasteiger charge is -2.09. The maximum atomic E-state index is 11.7. The Bertz CT molecular complexity index is 448. The molecule has 0 spiro atoms. The molecule has 0 unspecified atom stereocenters. The molecule has 0 fully saturated rings. The molecule has 0 aliphatic heterocycles. The zero-order valence-electron chi connectivity index (χ0n) is 9.99. The predicted molar refractivity (Wildman–Crippen MR) is 59.7 cm³/mol. The van der Waals surface area contributed by atoms with Gasteiger partial charge in [0, 0.05) is 11.8 Å². The number of nitrogens with two attached hydrogens (primary N) is 1. The van der Waals surface area contributed by atoms with Gasteiger partial charge in [0.25, 0.3) is 0 Å². The number of halogens is 3. The zero-order valence-corrected chi connectivity index (χ0v) is 9.99. The van der Waals surface area contributed by atoms with Crippen molar-refractivity contribution in [3.63, 3.8) is 0 Å². The van der Waals surface area contributed by atoms with Gasteiger partial charge < -0.3 is 15.2 Å². The topological polar surface area (TPSA) is 70.8 Å². The Hall–Kier alpha value is -1.96. The Morgan fingerprint density at radius 3 is 2.53 bits per heavy atom. The molecule has 0 radical (unpaired) electrons. The summed E-state index contributed by atoms with van der Waals surface area (Å²) in [6, 6.07) is 4.18. The van der Waals surface area contributed by atoms with E-state index < -0.39 is 25.5 Å². The minimum Gasteiger partial charge on any atom is -0.497 e. The fraction of sp³-hybridized carbons (Fsp3) is 0.364. The van der Waals surface area contributed by atoms with E-state index in [1.165, 1.54) is 25.3 Å². The van der Waals surface area contributed by atoms with Crippen molar-refractivity contribution in [1.82, 2.24) is 0 Å². The minimum absolute atomic E-state index is 0.0869. The maximum absolute atomic E-state index is 11.7. The number of anilines is 1. The predicted octanol–water partition coefficient (Wildman–Crippen LogP) is 1.97. The SMILES string of the molecule is COc1cc(N)cc(C(=O)OCCOC(F)(F)F)c1. The number of hydrogen-bond donors (Lipinski definition) is 1. The van der Waals surface area contributed by atoms with Gasteiger partial charge in [0.1, 0.15) is 12.4 Å². The number of rotatable bonds is 5. The Balaban J connectivity index is 2.52. The number of carbonyl (C=O) groups excluding carboxylic acids is 1. The lowest BCUT2D eigenvalue weighted by atomic mass is 10.2. The Kier molecular flexibility index (Phi) is 4.99. The second-order valence-corrected chi connectivity index (χ2v) is 3.42. The average Bonchev–Trinajstić information content (AvgIpc) is 2.32. The molecule has 1 rings (SSSR count). The molecule has 2 N–H and O–H groups in total. The molecule has 1 aromatic carbocycles. The largest absolute Gasteiger partial charge is 0.522 e. The fourth-order valence-corrected chi connectivity index (χ4v) is 1.23. The third kappa shape index (κ3) is 5.47. The van der Waals surface area contributed by atoms with Crippen molar-refractivity contribution in [2.24, 2.45) is 0 Å². The summed E-state index contributed by atoms with van der Waals surface area (Å²) in [6.07, 6.45) is -4.74. The summed E-state index contributed by atoms with van der Waals surface area (Å²) < 4.78 is 47.9. The molecule has 0 amide bonds. The van der Waals surface area contributed by atoms with Gasteiger partial charge in [-0.15, -0.1) is 13.2 Å². The van der Waals surface area contributed by atoms with Crippen LogP contribution >= 0.6 is 0 Å². The second-order valence-electron chi connectivity index (χ2n) is 3.42. The quantitative estimate of drug-likeness (QED) is 0.507. The van der Waals surface area contributed by atoms with Crippen molar-refractivity contribution >= 4 is 11.7 Å². The number of hydrogen-bond acceptors (Lipinski definition) is 5. The highest BCUT2D eigenvalue weighted by Gasteiger charge is 2.28. The summed E-state index contributed by atoms with van der Waals surface area (Å²) in [5.74, 6) is -0.463. The third-order valence-electron chi connectivity index (χ3n) is 1.98. The second kappa shape index (κ2) is 6.28. The van der Waals surface area contributed by atoms with Crippen molar-refractivity contribution in [1.29, 1.82) is 0 Å². The fourth-order valence-electron chi connectivity index (χ4n) is 1.23. The smallest absolute Gasteiger partial charge is 0.497 e. The van der Waals surface area contributed by atoms with Crippen LogP contribution in [-0.2, 0) is 9.47 Å². The molecule has 0 atom stereocenters. The van der Waals surface area contributed by atoms with Crippen LogP contribution in [0, 0.1) is 0 Å². The van der Waals surface area contributed by atoms with Gasteiger partial charge in [-0.05, 0) is 12.1 Å². The molecule has 0 heterocycles. The summed E-state index contributed by atoms with van der Waals surface area (Å²) in [5.41, 5.74) is 5.89. The first-order chi connectivity index (χ1) is 8.81. The van der Waals surface area contributed by atoms with Gasteiger partial charge in [0.05, 0.1) is 19.3 Å². The molecule has 106 valence electrons. The Morgan fingerprint density at radius 1 is 1.26 bits per heavy atom. The van der Waals surface area contributed by atoms with Gasteiger partial charge in [-0.2, -0.15) is 0 Å². The van der Waals surface area contributed by atoms with Crippen LogP contribution in [0.4, 0.5) is 18.9 Å². The molecule has 5 nitrogen and oxygen atoms in total. The van der Waals surface area contributed by atoms with E-state index in [9.17, 15) is 18.0 Å².